The van der Waals surface area contributed by atoms with Crippen molar-refractivity contribution in [1.29, 1.82) is 0 Å². The van der Waals surface area contributed by atoms with Gasteiger partial charge in [-0.05, 0) is 44.1 Å². The molecule has 188 valence electrons. The van der Waals surface area contributed by atoms with Crippen LogP contribution in [-0.4, -0.2) is 46.0 Å². The highest BCUT2D eigenvalue weighted by Gasteiger charge is 2.27. The number of nitrogens with zero attached hydrogens (tertiary/aromatic N) is 4. The Morgan fingerprint density at radius 3 is 2.67 bits per heavy atom. The molecule has 6 rings (SSSR count). The number of aromatic nitrogens is 4. The highest BCUT2D eigenvalue weighted by Crippen LogP contribution is 2.38. The fraction of sp³-hybridized carbons (Fsp3) is 0.400. The van der Waals surface area contributed by atoms with Crippen LogP contribution in [0, 0.1) is 0 Å². The Kier molecular flexibility index (Phi) is 6.06. The van der Waals surface area contributed by atoms with Crippen LogP contribution in [0.3, 0.4) is 0 Å². The predicted octanol–water partition coefficient (Wildman–Crippen LogP) is 5.93. The van der Waals surface area contributed by atoms with Gasteiger partial charge < -0.3 is 23.4 Å². The molecule has 1 unspecified atom stereocenters. The van der Waals surface area contributed by atoms with Gasteiger partial charge >= 0.3 is 0 Å². The summed E-state index contributed by atoms with van der Waals surface area (Å²) in [5, 5.41) is 8.97. The van der Waals surface area contributed by atoms with Gasteiger partial charge in [0.25, 0.3) is 5.19 Å². The maximum atomic E-state index is 6.24. The van der Waals surface area contributed by atoms with E-state index in [9.17, 15) is 0 Å². The minimum atomic E-state index is 0.256. The monoisotopic (exact) mass is 526 g/mol. The molecule has 0 bridgehead atoms. The van der Waals surface area contributed by atoms with E-state index in [0.717, 1.165) is 33.9 Å². The third kappa shape index (κ3) is 4.42. The van der Waals surface area contributed by atoms with Gasteiger partial charge in [-0.15, -0.1) is 16.4 Å². The smallest absolute Gasteiger partial charge is 0.294 e. The van der Waals surface area contributed by atoms with Gasteiger partial charge in [-0.1, -0.05) is 0 Å². The summed E-state index contributed by atoms with van der Waals surface area (Å²) in [6.07, 6.45) is 4.33. The third-order valence-corrected chi connectivity index (χ3v) is 8.19. The number of imidazole rings is 1. The summed E-state index contributed by atoms with van der Waals surface area (Å²) in [6.45, 7) is 4.62. The van der Waals surface area contributed by atoms with Crippen LogP contribution in [0.1, 0.15) is 43.3 Å². The van der Waals surface area contributed by atoms with Crippen molar-refractivity contribution >= 4 is 38.6 Å². The van der Waals surface area contributed by atoms with E-state index in [4.69, 9.17) is 28.3 Å². The molecule has 0 aliphatic carbocycles. The van der Waals surface area contributed by atoms with Crippen LogP contribution in [0.4, 0.5) is 0 Å². The first-order chi connectivity index (χ1) is 17.5. The van der Waals surface area contributed by atoms with Crippen LogP contribution >= 0.6 is 22.7 Å². The number of benzene rings is 1. The van der Waals surface area contributed by atoms with Gasteiger partial charge in [0.15, 0.2) is 5.76 Å². The van der Waals surface area contributed by atoms with Crippen molar-refractivity contribution in [3.05, 3.63) is 40.5 Å². The fourth-order valence-corrected chi connectivity index (χ4v) is 6.30. The highest BCUT2D eigenvalue weighted by molar-refractivity contribution is 7.18. The van der Waals surface area contributed by atoms with E-state index in [1.807, 2.05) is 24.4 Å². The van der Waals surface area contributed by atoms with E-state index < -0.39 is 0 Å². The first kappa shape index (κ1) is 23.3. The summed E-state index contributed by atoms with van der Waals surface area (Å²) >= 11 is 3.07. The molecule has 11 heteroatoms. The molecule has 5 heterocycles. The lowest BCUT2D eigenvalue weighted by atomic mass is 9.93. The van der Waals surface area contributed by atoms with E-state index >= 15 is 0 Å². The molecule has 0 radical (unpaired) electrons. The fourth-order valence-electron chi connectivity index (χ4n) is 4.66. The highest BCUT2D eigenvalue weighted by atomic mass is 32.1. The molecular formula is C25H26N4O5S2. The molecule has 0 saturated carbocycles. The number of ether oxygens (including phenoxy) is 4. The SMILES string of the molecule is COc1cc(OCc2csc(C3C[C@@H](C)O[C@@H](C)C3)n2)c2cc(-c3cn4nc(OC)sc4n3)oc2c1. The van der Waals surface area contributed by atoms with Crippen LogP contribution in [0.25, 0.3) is 27.4 Å². The second kappa shape index (κ2) is 9.38. The molecule has 1 fully saturated rings. The Labute approximate surface area is 215 Å². The van der Waals surface area contributed by atoms with Crippen molar-refractivity contribution in [2.45, 2.75) is 51.4 Å². The number of hydrogen-bond acceptors (Lipinski definition) is 10. The van der Waals surface area contributed by atoms with Crippen molar-refractivity contribution in [2.75, 3.05) is 14.2 Å². The van der Waals surface area contributed by atoms with Crippen LogP contribution in [0.5, 0.6) is 16.7 Å². The van der Waals surface area contributed by atoms with Crippen LogP contribution < -0.4 is 14.2 Å². The Balaban J connectivity index is 1.25. The summed E-state index contributed by atoms with van der Waals surface area (Å²) in [5.41, 5.74) is 2.25. The minimum Gasteiger partial charge on any atom is -0.496 e. The number of rotatable bonds is 7. The van der Waals surface area contributed by atoms with Gasteiger partial charge in [0.05, 0.1) is 48.7 Å². The second-order valence-electron chi connectivity index (χ2n) is 8.96. The lowest BCUT2D eigenvalue weighted by molar-refractivity contribution is -0.0380. The largest absolute Gasteiger partial charge is 0.496 e. The van der Waals surface area contributed by atoms with E-state index in [2.05, 4.69) is 29.3 Å². The molecule has 4 aromatic heterocycles. The van der Waals surface area contributed by atoms with Crippen molar-refractivity contribution < 1.29 is 23.4 Å². The van der Waals surface area contributed by atoms with E-state index in [1.54, 1.807) is 30.1 Å². The zero-order valence-corrected chi connectivity index (χ0v) is 22.0. The van der Waals surface area contributed by atoms with Crippen LogP contribution in [0.2, 0.25) is 0 Å². The average Bonchev–Trinajstić information content (AvgIpc) is 3.63. The molecule has 5 aromatic rings. The second-order valence-corrected chi connectivity index (χ2v) is 10.8. The molecule has 36 heavy (non-hydrogen) atoms. The molecule has 1 aliphatic heterocycles. The normalized spacial score (nSPS) is 20.3. The molecule has 1 aromatic carbocycles. The van der Waals surface area contributed by atoms with Crippen molar-refractivity contribution in [3.63, 3.8) is 0 Å². The van der Waals surface area contributed by atoms with Crippen LogP contribution in [0.15, 0.2) is 34.2 Å². The van der Waals surface area contributed by atoms with E-state index in [1.165, 1.54) is 11.3 Å². The molecule has 0 amide bonds. The molecule has 1 saturated heterocycles. The van der Waals surface area contributed by atoms with E-state index in [-0.39, 0.29) is 12.2 Å². The average molecular weight is 527 g/mol. The van der Waals surface area contributed by atoms with Gasteiger partial charge in [-0.2, -0.15) is 0 Å². The summed E-state index contributed by atoms with van der Waals surface area (Å²) in [4.78, 5) is 10.2. The van der Waals surface area contributed by atoms with Crippen LogP contribution in [-0.2, 0) is 11.3 Å². The summed E-state index contributed by atoms with van der Waals surface area (Å²) in [5.74, 6) is 2.38. The Bertz CT molecular complexity index is 1480. The number of methoxy groups -OCH3 is 2. The van der Waals surface area contributed by atoms with Crippen molar-refractivity contribution in [1.82, 2.24) is 19.6 Å². The van der Waals surface area contributed by atoms with Gasteiger partial charge in [0, 0.05) is 23.4 Å². The third-order valence-electron chi connectivity index (χ3n) is 6.25. The zero-order valence-electron chi connectivity index (χ0n) is 20.4. The molecule has 3 atom stereocenters. The minimum absolute atomic E-state index is 0.256. The van der Waals surface area contributed by atoms with Crippen molar-refractivity contribution in [2.24, 2.45) is 0 Å². The summed E-state index contributed by atoms with van der Waals surface area (Å²) in [7, 11) is 3.21. The summed E-state index contributed by atoms with van der Waals surface area (Å²) < 4.78 is 30.6. The number of thiazole rings is 1. The first-order valence-corrected chi connectivity index (χ1v) is 13.4. The first-order valence-electron chi connectivity index (χ1n) is 11.7. The molecule has 9 nitrogen and oxygen atoms in total. The molecule has 0 spiro atoms. The lowest BCUT2D eigenvalue weighted by Crippen LogP contribution is -2.28. The standard InChI is InChI=1S/C25H26N4O5S2/c1-13-5-15(6-14(2)33-13)23-26-16(12-35-23)11-32-20-7-17(30-3)8-21-18(20)9-22(34-21)19-10-29-24(27-19)36-25(28-29)31-4/h7-10,12-15H,5-6,11H2,1-4H3/t13-,14+,15?. The zero-order chi connectivity index (χ0) is 24.8. The van der Waals surface area contributed by atoms with Gasteiger partial charge in [0.2, 0.25) is 4.96 Å². The maximum absolute atomic E-state index is 6.24. The number of furan rings is 1. The number of fused-ring (bicyclic) bond motifs is 2. The maximum Gasteiger partial charge on any atom is 0.294 e. The summed E-state index contributed by atoms with van der Waals surface area (Å²) in [6, 6.07) is 5.65. The van der Waals surface area contributed by atoms with Gasteiger partial charge in [-0.25, -0.2) is 14.5 Å². The Morgan fingerprint density at radius 2 is 1.92 bits per heavy atom. The lowest BCUT2D eigenvalue weighted by Gasteiger charge is -2.30. The Morgan fingerprint density at radius 1 is 1.08 bits per heavy atom. The topological polar surface area (TPSA) is 93.1 Å². The van der Waals surface area contributed by atoms with Gasteiger partial charge in [0.1, 0.15) is 29.4 Å². The Hall–Kier alpha value is -3.15. The number of hydrogen-bond donors (Lipinski definition) is 0. The van der Waals surface area contributed by atoms with E-state index in [0.29, 0.717) is 46.3 Å². The molecule has 1 aliphatic rings. The van der Waals surface area contributed by atoms with Gasteiger partial charge in [-0.3, -0.25) is 0 Å². The molecule has 0 N–H and O–H groups in total. The van der Waals surface area contributed by atoms with Crippen molar-refractivity contribution in [3.8, 4) is 28.1 Å². The quantitative estimate of drug-likeness (QED) is 0.258. The molecular weight excluding hydrogens is 500 g/mol. The predicted molar refractivity (Wildman–Crippen MR) is 138 cm³/mol.